The predicted molar refractivity (Wildman–Crippen MR) is 188 cm³/mol. The molecule has 4 heterocycles. The maximum absolute atomic E-state index is 12.7. The average molecular weight is 703 g/mol. The maximum atomic E-state index is 12.7. The first kappa shape index (κ1) is 38.0. The first-order valence-electron chi connectivity index (χ1n) is 16.6. The molecular weight excluding hydrogens is 653 g/mol. The van der Waals surface area contributed by atoms with Crippen molar-refractivity contribution in [2.75, 3.05) is 26.0 Å². The van der Waals surface area contributed by atoms with Crippen LogP contribution in [0.4, 0.5) is 4.79 Å². The molecule has 1 spiro atoms. The number of nitrogens with two attached hydrogens (primary N) is 1. The molecule has 3 aliphatic rings. The number of aromatic nitrogens is 1. The van der Waals surface area contributed by atoms with E-state index >= 15 is 0 Å². The van der Waals surface area contributed by atoms with Crippen molar-refractivity contribution in [1.29, 1.82) is 0 Å². The first-order valence-corrected chi connectivity index (χ1v) is 18.9. The highest BCUT2D eigenvalue weighted by molar-refractivity contribution is 8.76. The van der Waals surface area contributed by atoms with Gasteiger partial charge < -0.3 is 34.9 Å². The molecule has 0 radical (unpaired) electrons. The van der Waals surface area contributed by atoms with E-state index in [1.165, 1.54) is 11.0 Å². The van der Waals surface area contributed by atoms with Crippen molar-refractivity contribution in [1.82, 2.24) is 15.2 Å². The van der Waals surface area contributed by atoms with Crippen LogP contribution in [-0.4, -0.2) is 95.9 Å². The smallest absolute Gasteiger partial charge is 0.410 e. The molecule has 11 nitrogen and oxygen atoms in total. The van der Waals surface area contributed by atoms with E-state index in [1.807, 2.05) is 31.2 Å². The summed E-state index contributed by atoms with van der Waals surface area (Å²) in [6.45, 7) is 9.13. The van der Waals surface area contributed by atoms with Crippen LogP contribution >= 0.6 is 21.6 Å². The van der Waals surface area contributed by atoms with Gasteiger partial charge in [-0.05, 0) is 68.5 Å². The van der Waals surface area contributed by atoms with Crippen LogP contribution in [0, 0.1) is 5.92 Å². The minimum Gasteiger partial charge on any atom is -0.442 e. The molecule has 0 saturated carbocycles. The Morgan fingerprint density at radius 3 is 2.73 bits per heavy atom. The Bertz CT molecular complexity index is 1320. The van der Waals surface area contributed by atoms with Crippen molar-refractivity contribution in [3.63, 3.8) is 0 Å². The molecule has 264 valence electrons. The number of hydrogen-bond donors (Lipinski definition) is 2. The molecule has 48 heavy (non-hydrogen) atoms. The lowest BCUT2D eigenvalue weighted by molar-refractivity contribution is -0.125. The summed E-state index contributed by atoms with van der Waals surface area (Å²) in [4.78, 5) is 42.4. The lowest BCUT2D eigenvalue weighted by Crippen LogP contribution is -2.50. The molecule has 3 fully saturated rings. The van der Waals surface area contributed by atoms with Gasteiger partial charge in [0.15, 0.2) is 0 Å². The van der Waals surface area contributed by atoms with Crippen LogP contribution in [0.15, 0.2) is 65.4 Å². The number of carbonyl (C=O) groups excluding carboxylic acids is 3. The van der Waals surface area contributed by atoms with Gasteiger partial charge in [0.25, 0.3) is 0 Å². The summed E-state index contributed by atoms with van der Waals surface area (Å²) >= 11 is 0. The van der Waals surface area contributed by atoms with E-state index in [0.717, 1.165) is 35.6 Å². The number of hydrogen-bond acceptors (Lipinski definition) is 10. The second-order valence-corrected chi connectivity index (χ2v) is 15.5. The number of pyridine rings is 1. The summed E-state index contributed by atoms with van der Waals surface area (Å²) in [5.74, 6) is 0.353. The van der Waals surface area contributed by atoms with Crippen molar-refractivity contribution < 1.29 is 33.3 Å². The monoisotopic (exact) mass is 702 g/mol. The Balaban J connectivity index is 1.14. The molecule has 3 N–H and O–H groups in total. The van der Waals surface area contributed by atoms with Crippen LogP contribution < -0.4 is 11.1 Å². The normalized spacial score (nSPS) is 29.6. The minimum atomic E-state index is -0.557. The number of nitrogens with one attached hydrogen (secondary N) is 1. The second kappa shape index (κ2) is 18.2. The third-order valence-corrected chi connectivity index (χ3v) is 11.0. The fourth-order valence-electron chi connectivity index (χ4n) is 5.85. The molecule has 3 amide bonds. The van der Waals surface area contributed by atoms with E-state index in [4.69, 9.17) is 24.7 Å². The van der Waals surface area contributed by atoms with Crippen LogP contribution in [0.2, 0.25) is 0 Å². The van der Waals surface area contributed by atoms with Gasteiger partial charge in [-0.1, -0.05) is 47.6 Å². The van der Waals surface area contributed by atoms with Crippen LogP contribution in [0.5, 0.6) is 0 Å². The van der Waals surface area contributed by atoms with Crippen molar-refractivity contribution in [2.45, 2.75) is 107 Å². The van der Waals surface area contributed by atoms with Crippen molar-refractivity contribution in [3.05, 3.63) is 60.3 Å². The molecule has 0 aliphatic carbocycles. The Morgan fingerprint density at radius 1 is 1.23 bits per heavy atom. The van der Waals surface area contributed by atoms with Gasteiger partial charge in [0, 0.05) is 44.5 Å². The Labute approximate surface area is 292 Å². The molecule has 0 aromatic carbocycles. The summed E-state index contributed by atoms with van der Waals surface area (Å²) < 4.78 is 23.6. The van der Waals surface area contributed by atoms with E-state index in [2.05, 4.69) is 36.3 Å². The number of amides is 3. The topological polar surface area (TPSA) is 146 Å². The SMILES string of the molecule is CC(C=C[C@@H]1C[C@]2(CO2)C[C@@H](CC(N)=O)O1)=CC[C@@H]1O[C@H](C)[C@H](NC(=O)C=CC(C)OC(=O)N(C)CCSSc2ccccn2)C[C@@H]1C. The molecule has 3 saturated heterocycles. The van der Waals surface area contributed by atoms with Crippen molar-refractivity contribution in [2.24, 2.45) is 11.7 Å². The quantitative estimate of drug-likeness (QED) is 0.0821. The molecule has 1 aromatic rings. The fourth-order valence-corrected chi connectivity index (χ4v) is 7.77. The molecule has 0 bridgehead atoms. The number of ether oxygens (including phenoxy) is 4. The number of allylic oxidation sites excluding steroid dienone is 2. The third-order valence-electron chi connectivity index (χ3n) is 8.72. The fraction of sp³-hybridized carbons (Fsp3) is 0.600. The van der Waals surface area contributed by atoms with Gasteiger partial charge in [0.1, 0.15) is 11.1 Å². The van der Waals surface area contributed by atoms with Gasteiger partial charge in [-0.15, -0.1) is 0 Å². The molecule has 1 unspecified atom stereocenters. The van der Waals surface area contributed by atoms with Crippen molar-refractivity contribution >= 4 is 39.5 Å². The zero-order valence-electron chi connectivity index (χ0n) is 28.5. The lowest BCUT2D eigenvalue weighted by atomic mass is 9.88. The minimum absolute atomic E-state index is 0.0319. The summed E-state index contributed by atoms with van der Waals surface area (Å²) in [7, 11) is 4.88. The zero-order valence-corrected chi connectivity index (χ0v) is 30.2. The van der Waals surface area contributed by atoms with Gasteiger partial charge in [-0.25, -0.2) is 9.78 Å². The summed E-state index contributed by atoms with van der Waals surface area (Å²) in [6.07, 6.45) is 12.8. The van der Waals surface area contributed by atoms with Gasteiger partial charge in [-0.2, -0.15) is 0 Å². The first-order chi connectivity index (χ1) is 22.9. The second-order valence-electron chi connectivity index (χ2n) is 13.0. The van der Waals surface area contributed by atoms with E-state index in [9.17, 15) is 14.4 Å². The number of primary amides is 1. The van der Waals surface area contributed by atoms with E-state index in [-0.39, 0.29) is 60.2 Å². The van der Waals surface area contributed by atoms with Crippen molar-refractivity contribution in [3.8, 4) is 0 Å². The van der Waals surface area contributed by atoms with Crippen LogP contribution in [-0.2, 0) is 28.5 Å². The Morgan fingerprint density at radius 2 is 2.02 bits per heavy atom. The third kappa shape index (κ3) is 12.6. The average Bonchev–Trinajstić information content (AvgIpc) is 3.79. The van der Waals surface area contributed by atoms with Crippen LogP contribution in [0.1, 0.15) is 59.8 Å². The van der Waals surface area contributed by atoms with Gasteiger partial charge in [-0.3, -0.25) is 9.59 Å². The summed E-state index contributed by atoms with van der Waals surface area (Å²) in [6, 6.07) is 5.63. The molecule has 8 atom stereocenters. The molecule has 4 rings (SSSR count). The molecule has 3 aliphatic heterocycles. The standard InChI is InChI=1S/C35H50N4O7S2/c1-23(9-12-27-20-35(22-43-35)21-28(46-27)19-31(36)40)10-13-30-24(2)18-29(26(4)45-30)38-32(41)14-11-25(3)44-34(42)39(5)16-17-47-48-33-8-6-7-15-37-33/h6-12,14-15,24-30H,13,16-22H2,1-5H3,(H2,36,40)(H,38,41)/t24-,25?,26+,27+,28+,29+,30-,35+/m0/s1. The number of nitrogens with zero attached hydrogens (tertiary/aromatic N) is 2. The highest BCUT2D eigenvalue weighted by atomic mass is 33.1. The highest BCUT2D eigenvalue weighted by Crippen LogP contribution is 2.43. The number of carbonyl (C=O) groups is 3. The summed E-state index contributed by atoms with van der Waals surface area (Å²) in [5.41, 5.74) is 6.33. The molecule has 1 aromatic heterocycles. The number of epoxide rings is 1. The molecular formula is C35H50N4O7S2. The van der Waals surface area contributed by atoms with E-state index in [0.29, 0.717) is 19.6 Å². The van der Waals surface area contributed by atoms with E-state index in [1.54, 1.807) is 47.8 Å². The largest absolute Gasteiger partial charge is 0.442 e. The lowest BCUT2D eigenvalue weighted by Gasteiger charge is -2.39. The van der Waals surface area contributed by atoms with Crippen LogP contribution in [0.3, 0.4) is 0 Å². The summed E-state index contributed by atoms with van der Waals surface area (Å²) in [5, 5.41) is 3.98. The maximum Gasteiger partial charge on any atom is 0.410 e. The van der Waals surface area contributed by atoms with Gasteiger partial charge >= 0.3 is 6.09 Å². The Kier molecular flexibility index (Phi) is 14.4. The molecule has 13 heteroatoms. The van der Waals surface area contributed by atoms with Gasteiger partial charge in [0.05, 0.1) is 49.1 Å². The number of rotatable bonds is 15. The van der Waals surface area contributed by atoms with Crippen LogP contribution in [0.25, 0.3) is 0 Å². The zero-order chi connectivity index (χ0) is 34.7. The van der Waals surface area contributed by atoms with Gasteiger partial charge in [0.2, 0.25) is 11.8 Å². The Hall–Kier alpha value is -2.84. The predicted octanol–water partition coefficient (Wildman–Crippen LogP) is 5.22. The highest BCUT2D eigenvalue weighted by Gasteiger charge is 2.51. The van der Waals surface area contributed by atoms with E-state index < -0.39 is 12.2 Å².